The van der Waals surface area contributed by atoms with Crippen molar-refractivity contribution in [2.24, 2.45) is 5.92 Å². The van der Waals surface area contributed by atoms with Crippen LogP contribution >= 0.6 is 0 Å². The maximum absolute atomic E-state index is 4.05. The molecule has 100 valence electrons. The summed E-state index contributed by atoms with van der Waals surface area (Å²) in [5.41, 5.74) is 2.35. The number of rotatable bonds is 6. The van der Waals surface area contributed by atoms with Crippen molar-refractivity contribution >= 4 is 6.08 Å². The van der Waals surface area contributed by atoms with Crippen LogP contribution in [0.3, 0.4) is 0 Å². The molecule has 0 atom stereocenters. The maximum Gasteiger partial charge on any atom is 0.0991 e. The van der Waals surface area contributed by atoms with Crippen molar-refractivity contribution in [2.45, 2.75) is 13.8 Å². The van der Waals surface area contributed by atoms with E-state index in [4.69, 9.17) is 0 Å². The lowest BCUT2D eigenvalue weighted by Gasteiger charge is -2.04. The number of hydrogen-bond acceptors (Lipinski definition) is 2. The van der Waals surface area contributed by atoms with E-state index in [-0.39, 0.29) is 0 Å². The van der Waals surface area contributed by atoms with Crippen LogP contribution in [-0.4, -0.2) is 22.6 Å². The highest BCUT2D eigenvalue weighted by Gasteiger charge is 1.94. The van der Waals surface area contributed by atoms with Gasteiger partial charge in [-0.2, -0.15) is 0 Å². The molecule has 1 aromatic heterocycles. The van der Waals surface area contributed by atoms with Crippen LogP contribution in [0.1, 0.15) is 19.4 Å². The fourth-order valence-electron chi connectivity index (χ4n) is 1.82. The Balaban J connectivity index is 1.87. The Morgan fingerprint density at radius 1 is 1.26 bits per heavy atom. The third-order valence-electron chi connectivity index (χ3n) is 2.82. The van der Waals surface area contributed by atoms with Crippen LogP contribution in [0.25, 0.3) is 11.8 Å². The predicted molar refractivity (Wildman–Crippen MR) is 80.3 cm³/mol. The van der Waals surface area contributed by atoms with E-state index in [1.807, 2.05) is 10.8 Å². The first-order valence-corrected chi connectivity index (χ1v) is 6.71. The Morgan fingerprint density at radius 2 is 2.05 bits per heavy atom. The van der Waals surface area contributed by atoms with Crippen LogP contribution in [-0.2, 0) is 0 Å². The summed E-state index contributed by atoms with van der Waals surface area (Å²) in [6.07, 6.45) is 9.84. The Hall–Kier alpha value is -1.87. The molecule has 0 aliphatic carbocycles. The second kappa shape index (κ2) is 6.90. The Labute approximate surface area is 115 Å². The molecule has 0 fully saturated rings. The lowest BCUT2D eigenvalue weighted by molar-refractivity contribution is 0.577. The number of aromatic nitrogens is 2. The molecule has 0 aliphatic rings. The summed E-state index contributed by atoms with van der Waals surface area (Å²) in [5, 5.41) is 3.39. The molecule has 0 saturated carbocycles. The van der Waals surface area contributed by atoms with Crippen LogP contribution in [0, 0.1) is 5.92 Å². The van der Waals surface area contributed by atoms with Gasteiger partial charge in [-0.3, -0.25) is 0 Å². The Bertz CT molecular complexity index is 495. The van der Waals surface area contributed by atoms with Crippen LogP contribution in [0.5, 0.6) is 0 Å². The zero-order chi connectivity index (χ0) is 13.5. The molecule has 19 heavy (non-hydrogen) atoms. The molecule has 0 amide bonds. The first-order valence-electron chi connectivity index (χ1n) is 6.71. The quantitative estimate of drug-likeness (QED) is 0.804. The van der Waals surface area contributed by atoms with Crippen molar-refractivity contribution in [3.05, 3.63) is 54.6 Å². The summed E-state index contributed by atoms with van der Waals surface area (Å²) in [6, 6.07) is 8.44. The van der Waals surface area contributed by atoms with Gasteiger partial charge in [0.2, 0.25) is 0 Å². The highest BCUT2D eigenvalue weighted by Crippen LogP contribution is 2.10. The molecule has 2 aromatic rings. The van der Waals surface area contributed by atoms with Crippen LogP contribution < -0.4 is 5.32 Å². The molecule has 0 spiro atoms. The first-order chi connectivity index (χ1) is 9.25. The monoisotopic (exact) mass is 255 g/mol. The van der Waals surface area contributed by atoms with Crippen LogP contribution in [0.4, 0.5) is 0 Å². The summed E-state index contributed by atoms with van der Waals surface area (Å²) < 4.78 is 2.00. The van der Waals surface area contributed by atoms with Gasteiger partial charge >= 0.3 is 0 Å². The van der Waals surface area contributed by atoms with Gasteiger partial charge in [-0.1, -0.05) is 38.1 Å². The van der Waals surface area contributed by atoms with Crippen LogP contribution in [0.2, 0.25) is 0 Å². The van der Waals surface area contributed by atoms with E-state index in [0.717, 1.165) is 18.8 Å². The zero-order valence-corrected chi connectivity index (χ0v) is 11.6. The number of hydrogen-bond donors (Lipinski definition) is 1. The largest absolute Gasteiger partial charge is 0.313 e. The van der Waals surface area contributed by atoms with Gasteiger partial charge in [0, 0.05) is 24.6 Å². The molecule has 3 heteroatoms. The van der Waals surface area contributed by atoms with E-state index in [9.17, 15) is 0 Å². The van der Waals surface area contributed by atoms with Crippen molar-refractivity contribution in [1.29, 1.82) is 0 Å². The molecule has 3 nitrogen and oxygen atoms in total. The zero-order valence-electron chi connectivity index (χ0n) is 11.6. The number of nitrogens with zero attached hydrogens (tertiary/aromatic N) is 2. The summed E-state index contributed by atoms with van der Waals surface area (Å²) >= 11 is 0. The van der Waals surface area contributed by atoms with Crippen molar-refractivity contribution < 1.29 is 0 Å². The summed E-state index contributed by atoms with van der Waals surface area (Å²) in [6.45, 7) is 6.41. The van der Waals surface area contributed by atoms with Gasteiger partial charge < -0.3 is 9.88 Å². The van der Waals surface area contributed by atoms with E-state index in [1.165, 1.54) is 5.56 Å². The van der Waals surface area contributed by atoms with Gasteiger partial charge in [-0.25, -0.2) is 4.98 Å². The van der Waals surface area contributed by atoms with E-state index in [2.05, 4.69) is 60.6 Å². The topological polar surface area (TPSA) is 29.9 Å². The predicted octanol–water partition coefficient (Wildman–Crippen LogP) is 3.13. The minimum absolute atomic E-state index is 0.697. The molecule has 0 unspecified atom stereocenters. The standard InChI is InChI=1S/C16H21N3/c1-14(2)12-17-9-3-4-15-5-7-16(8-6-15)19-11-10-18-13-19/h3-8,10-11,13-14,17H,9,12H2,1-2H3. The van der Waals surface area contributed by atoms with E-state index in [1.54, 1.807) is 12.5 Å². The minimum atomic E-state index is 0.697. The Kier molecular flexibility index (Phi) is 4.93. The number of nitrogens with one attached hydrogen (secondary N) is 1. The fraction of sp³-hybridized carbons (Fsp3) is 0.312. The minimum Gasteiger partial charge on any atom is -0.313 e. The van der Waals surface area contributed by atoms with Gasteiger partial charge in [0.05, 0.1) is 6.33 Å². The average Bonchev–Trinajstić information content (AvgIpc) is 2.93. The van der Waals surface area contributed by atoms with Crippen molar-refractivity contribution in [3.63, 3.8) is 0 Å². The molecule has 1 N–H and O–H groups in total. The van der Waals surface area contributed by atoms with E-state index >= 15 is 0 Å². The van der Waals surface area contributed by atoms with Gasteiger partial charge in [-0.15, -0.1) is 0 Å². The summed E-state index contributed by atoms with van der Waals surface area (Å²) in [4.78, 5) is 4.05. The summed E-state index contributed by atoms with van der Waals surface area (Å²) in [7, 11) is 0. The SMILES string of the molecule is CC(C)CNCC=Cc1ccc(-n2ccnc2)cc1. The normalized spacial score (nSPS) is 11.5. The van der Waals surface area contributed by atoms with E-state index < -0.39 is 0 Å². The van der Waals surface area contributed by atoms with Crippen molar-refractivity contribution in [1.82, 2.24) is 14.9 Å². The van der Waals surface area contributed by atoms with Gasteiger partial charge in [-0.05, 0) is 30.2 Å². The molecule has 0 radical (unpaired) electrons. The second-order valence-corrected chi connectivity index (χ2v) is 5.02. The molecule has 0 bridgehead atoms. The number of benzene rings is 1. The third-order valence-corrected chi connectivity index (χ3v) is 2.82. The average molecular weight is 255 g/mol. The number of imidazole rings is 1. The van der Waals surface area contributed by atoms with Gasteiger partial charge in [0.15, 0.2) is 0 Å². The van der Waals surface area contributed by atoms with E-state index in [0.29, 0.717) is 5.92 Å². The van der Waals surface area contributed by atoms with Gasteiger partial charge in [0.25, 0.3) is 0 Å². The van der Waals surface area contributed by atoms with Crippen molar-refractivity contribution in [3.8, 4) is 5.69 Å². The molecular formula is C16H21N3. The second-order valence-electron chi connectivity index (χ2n) is 5.02. The molecule has 1 heterocycles. The molecule has 0 aliphatic heterocycles. The first kappa shape index (κ1) is 13.6. The highest BCUT2D eigenvalue weighted by atomic mass is 15.0. The van der Waals surface area contributed by atoms with Gasteiger partial charge in [0.1, 0.15) is 0 Å². The molecule has 1 aromatic carbocycles. The third kappa shape index (κ3) is 4.38. The smallest absolute Gasteiger partial charge is 0.0991 e. The lowest BCUT2D eigenvalue weighted by Crippen LogP contribution is -2.19. The maximum atomic E-state index is 4.05. The van der Waals surface area contributed by atoms with Crippen molar-refractivity contribution in [2.75, 3.05) is 13.1 Å². The molecular weight excluding hydrogens is 234 g/mol. The highest BCUT2D eigenvalue weighted by molar-refractivity contribution is 5.51. The Morgan fingerprint density at radius 3 is 2.68 bits per heavy atom. The van der Waals surface area contributed by atoms with Crippen LogP contribution in [0.15, 0.2) is 49.1 Å². The fourth-order valence-corrected chi connectivity index (χ4v) is 1.82. The molecule has 0 saturated heterocycles. The summed E-state index contributed by atoms with van der Waals surface area (Å²) in [5.74, 6) is 0.697. The lowest BCUT2D eigenvalue weighted by atomic mass is 10.2. The molecule has 2 rings (SSSR count).